The summed E-state index contributed by atoms with van der Waals surface area (Å²) < 4.78 is 5.44. The van der Waals surface area contributed by atoms with Crippen LogP contribution < -0.4 is 10.5 Å². The van der Waals surface area contributed by atoms with Gasteiger partial charge in [-0.3, -0.25) is 4.79 Å². The molecule has 0 aliphatic rings. The summed E-state index contributed by atoms with van der Waals surface area (Å²) in [5, 5.41) is 9.14. The summed E-state index contributed by atoms with van der Waals surface area (Å²) in [6.45, 7) is 0.473. The predicted octanol–water partition coefficient (Wildman–Crippen LogP) is 1.86. The minimum Gasteiger partial charge on any atom is -0.491 e. The molecule has 0 aliphatic carbocycles. The van der Waals surface area contributed by atoms with Gasteiger partial charge in [-0.2, -0.15) is 11.8 Å². The second-order valence-electron chi connectivity index (χ2n) is 3.30. The van der Waals surface area contributed by atoms with Crippen molar-refractivity contribution in [3.05, 3.63) is 29.3 Å². The van der Waals surface area contributed by atoms with Crippen molar-refractivity contribution in [2.24, 2.45) is 5.73 Å². The van der Waals surface area contributed by atoms with Crippen molar-refractivity contribution in [3.63, 3.8) is 0 Å². The molecule has 0 aliphatic heterocycles. The van der Waals surface area contributed by atoms with Crippen LogP contribution in [0.15, 0.2) is 24.3 Å². The number of para-hydroxylation sites is 1. The van der Waals surface area contributed by atoms with Crippen LogP contribution in [0.3, 0.4) is 0 Å². The van der Waals surface area contributed by atoms with Gasteiger partial charge in [0, 0.05) is 11.5 Å². The van der Waals surface area contributed by atoms with Crippen molar-refractivity contribution in [2.45, 2.75) is 6.04 Å². The smallest absolute Gasteiger partial charge is 0.321 e. The zero-order valence-corrected chi connectivity index (χ0v) is 10.7. The third-order valence-electron chi connectivity index (χ3n) is 1.94. The summed E-state index contributed by atoms with van der Waals surface area (Å²) in [6.07, 6.45) is 0. The molecule has 17 heavy (non-hydrogen) atoms. The third-order valence-corrected chi connectivity index (χ3v) is 3.30. The molecular weight excluding hydrogens is 262 g/mol. The summed E-state index contributed by atoms with van der Waals surface area (Å²) >= 11 is 7.34. The van der Waals surface area contributed by atoms with Gasteiger partial charge < -0.3 is 15.6 Å². The average molecular weight is 276 g/mol. The molecule has 3 N–H and O–H groups in total. The van der Waals surface area contributed by atoms with Crippen LogP contribution in [-0.2, 0) is 4.79 Å². The Kier molecular flexibility index (Phi) is 6.18. The zero-order chi connectivity index (χ0) is 12.7. The first kappa shape index (κ1) is 14.2. The lowest BCUT2D eigenvalue weighted by Crippen LogP contribution is -2.32. The summed E-state index contributed by atoms with van der Waals surface area (Å²) in [7, 11) is 0. The average Bonchev–Trinajstić information content (AvgIpc) is 2.30. The number of carboxylic acids is 1. The van der Waals surface area contributed by atoms with Gasteiger partial charge in [0.15, 0.2) is 0 Å². The number of rotatable bonds is 7. The molecular formula is C11H14ClNO3S. The Hall–Kier alpha value is -0.910. The first-order chi connectivity index (χ1) is 8.11. The summed E-state index contributed by atoms with van der Waals surface area (Å²) in [5.74, 6) is 0.703. The molecule has 0 saturated carbocycles. The lowest BCUT2D eigenvalue weighted by atomic mass is 10.3. The van der Waals surface area contributed by atoms with Gasteiger partial charge in [-0.25, -0.2) is 0 Å². The number of benzene rings is 1. The Balaban J connectivity index is 2.17. The van der Waals surface area contributed by atoms with Crippen LogP contribution in [0.25, 0.3) is 0 Å². The number of nitrogens with two attached hydrogens (primary N) is 1. The van der Waals surface area contributed by atoms with E-state index in [9.17, 15) is 4.79 Å². The van der Waals surface area contributed by atoms with Crippen LogP contribution in [0.5, 0.6) is 5.75 Å². The Morgan fingerprint density at radius 3 is 2.88 bits per heavy atom. The lowest BCUT2D eigenvalue weighted by molar-refractivity contribution is -0.137. The van der Waals surface area contributed by atoms with Gasteiger partial charge in [-0.15, -0.1) is 0 Å². The Bertz CT molecular complexity index is 375. The lowest BCUT2D eigenvalue weighted by Gasteiger charge is -2.08. The molecule has 0 radical (unpaired) electrons. The number of aliphatic carboxylic acids is 1. The number of halogens is 1. The molecule has 0 heterocycles. The molecule has 1 aromatic rings. The Labute approximate surface area is 109 Å². The van der Waals surface area contributed by atoms with E-state index in [2.05, 4.69) is 0 Å². The van der Waals surface area contributed by atoms with Gasteiger partial charge in [0.05, 0.1) is 11.6 Å². The molecule has 94 valence electrons. The van der Waals surface area contributed by atoms with Crippen LogP contribution >= 0.6 is 23.4 Å². The number of carbonyl (C=O) groups is 1. The van der Waals surface area contributed by atoms with E-state index < -0.39 is 12.0 Å². The number of hydrogen-bond acceptors (Lipinski definition) is 4. The molecule has 6 heteroatoms. The normalized spacial score (nSPS) is 12.1. The molecule has 1 atom stereocenters. The van der Waals surface area contributed by atoms with Gasteiger partial charge >= 0.3 is 5.97 Å². The van der Waals surface area contributed by atoms with Gasteiger partial charge in [0.25, 0.3) is 0 Å². The van der Waals surface area contributed by atoms with Gasteiger partial charge in [0.1, 0.15) is 11.8 Å². The van der Waals surface area contributed by atoms with E-state index in [4.69, 9.17) is 27.2 Å². The maximum Gasteiger partial charge on any atom is 0.321 e. The van der Waals surface area contributed by atoms with Gasteiger partial charge in [0.2, 0.25) is 0 Å². The first-order valence-electron chi connectivity index (χ1n) is 5.04. The highest BCUT2D eigenvalue weighted by Crippen LogP contribution is 2.23. The van der Waals surface area contributed by atoms with Crippen LogP contribution in [0.2, 0.25) is 5.02 Å². The van der Waals surface area contributed by atoms with E-state index >= 15 is 0 Å². The van der Waals surface area contributed by atoms with E-state index in [1.165, 1.54) is 11.8 Å². The molecule has 0 bridgehead atoms. The molecule has 0 aromatic heterocycles. The largest absolute Gasteiger partial charge is 0.491 e. The Morgan fingerprint density at radius 1 is 1.53 bits per heavy atom. The fraction of sp³-hybridized carbons (Fsp3) is 0.364. The first-order valence-corrected chi connectivity index (χ1v) is 6.58. The van der Waals surface area contributed by atoms with Crippen molar-refractivity contribution in [1.82, 2.24) is 0 Å². The standard InChI is InChI=1S/C11H14ClNO3S/c12-8-3-1-2-4-10(8)16-5-6-17-7-9(13)11(14)15/h1-4,9H,5-7,13H2,(H,14,15)/t9-/m0/s1. The number of ether oxygens (including phenoxy) is 1. The molecule has 0 spiro atoms. The Morgan fingerprint density at radius 2 is 2.24 bits per heavy atom. The second-order valence-corrected chi connectivity index (χ2v) is 4.86. The van der Waals surface area contributed by atoms with E-state index in [-0.39, 0.29) is 0 Å². The SMILES string of the molecule is N[C@@H](CSCCOc1ccccc1Cl)C(=O)O. The van der Waals surface area contributed by atoms with Gasteiger partial charge in [-0.1, -0.05) is 23.7 Å². The number of hydrogen-bond donors (Lipinski definition) is 2. The highest BCUT2D eigenvalue weighted by molar-refractivity contribution is 7.99. The fourth-order valence-electron chi connectivity index (χ4n) is 1.05. The minimum absolute atomic E-state index is 0.376. The molecule has 4 nitrogen and oxygen atoms in total. The summed E-state index contributed by atoms with van der Waals surface area (Å²) in [6, 6.07) is 6.39. The van der Waals surface area contributed by atoms with E-state index in [0.717, 1.165) is 0 Å². The predicted molar refractivity (Wildman–Crippen MR) is 69.9 cm³/mol. The molecule has 0 saturated heterocycles. The second kappa shape index (κ2) is 7.42. The van der Waals surface area contributed by atoms with E-state index in [1.807, 2.05) is 12.1 Å². The minimum atomic E-state index is -0.982. The van der Waals surface area contributed by atoms with Crippen molar-refractivity contribution in [3.8, 4) is 5.75 Å². The van der Waals surface area contributed by atoms with Crippen molar-refractivity contribution < 1.29 is 14.6 Å². The van der Waals surface area contributed by atoms with Crippen LogP contribution in [0.1, 0.15) is 0 Å². The number of thioether (sulfide) groups is 1. The zero-order valence-electron chi connectivity index (χ0n) is 9.14. The van der Waals surface area contributed by atoms with E-state index in [0.29, 0.717) is 28.9 Å². The van der Waals surface area contributed by atoms with Crippen molar-refractivity contribution in [1.29, 1.82) is 0 Å². The van der Waals surface area contributed by atoms with Crippen LogP contribution in [0, 0.1) is 0 Å². The quantitative estimate of drug-likeness (QED) is 0.743. The molecule has 0 fully saturated rings. The molecule has 0 amide bonds. The molecule has 0 unspecified atom stereocenters. The number of carboxylic acid groups (broad SMARTS) is 1. The highest BCUT2D eigenvalue weighted by Gasteiger charge is 2.10. The third kappa shape index (κ3) is 5.30. The maximum atomic E-state index is 10.4. The molecule has 1 rings (SSSR count). The van der Waals surface area contributed by atoms with E-state index in [1.54, 1.807) is 12.1 Å². The monoisotopic (exact) mass is 275 g/mol. The van der Waals surface area contributed by atoms with Gasteiger partial charge in [-0.05, 0) is 12.1 Å². The summed E-state index contributed by atoms with van der Waals surface area (Å²) in [5.41, 5.74) is 5.35. The molecule has 1 aromatic carbocycles. The summed E-state index contributed by atoms with van der Waals surface area (Å²) in [4.78, 5) is 10.4. The maximum absolute atomic E-state index is 10.4. The fourth-order valence-corrected chi connectivity index (χ4v) is 2.01. The highest BCUT2D eigenvalue weighted by atomic mass is 35.5. The topological polar surface area (TPSA) is 72.5 Å². The van der Waals surface area contributed by atoms with Crippen LogP contribution in [-0.4, -0.2) is 35.2 Å². The van der Waals surface area contributed by atoms with Crippen LogP contribution in [0.4, 0.5) is 0 Å². The van der Waals surface area contributed by atoms with Crippen molar-refractivity contribution >= 4 is 29.3 Å². The van der Waals surface area contributed by atoms with Crippen molar-refractivity contribution in [2.75, 3.05) is 18.1 Å².